The van der Waals surface area contributed by atoms with Crippen LogP contribution in [0.4, 0.5) is 10.1 Å². The van der Waals surface area contributed by atoms with Crippen LogP contribution in [-0.4, -0.2) is 44.5 Å². The van der Waals surface area contributed by atoms with Crippen molar-refractivity contribution in [3.63, 3.8) is 0 Å². The fourth-order valence-corrected chi connectivity index (χ4v) is 2.20. The molecule has 0 radical (unpaired) electrons. The van der Waals surface area contributed by atoms with Gasteiger partial charge in [0.2, 0.25) is 0 Å². The Hall–Kier alpha value is -1.24. The summed E-state index contributed by atoms with van der Waals surface area (Å²) in [6.07, 6.45) is 0. The summed E-state index contributed by atoms with van der Waals surface area (Å²) >= 11 is 5.14. The largest absolute Gasteiger partial charge is 0.370 e. The van der Waals surface area contributed by atoms with Crippen molar-refractivity contribution in [1.29, 1.82) is 0 Å². The minimum Gasteiger partial charge on any atom is -0.370 e. The summed E-state index contributed by atoms with van der Waals surface area (Å²) in [5.41, 5.74) is 0.402. The van der Waals surface area contributed by atoms with E-state index < -0.39 is 0 Å². The van der Waals surface area contributed by atoms with Gasteiger partial charge >= 0.3 is 0 Å². The molecular formula is C13H19FN3OS+. The Morgan fingerprint density at radius 2 is 2.05 bits per heavy atom. The van der Waals surface area contributed by atoms with Gasteiger partial charge in [-0.3, -0.25) is 0 Å². The molecule has 19 heavy (non-hydrogen) atoms. The van der Waals surface area contributed by atoms with Crippen molar-refractivity contribution >= 4 is 23.0 Å². The second-order valence-electron chi connectivity index (χ2n) is 4.47. The molecule has 104 valence electrons. The van der Waals surface area contributed by atoms with Crippen LogP contribution in [0.2, 0.25) is 0 Å². The standard InChI is InChI=1S/C13H18FN3OS/c14-11-3-1-2-4-12(11)16-13(19)15-5-6-17-7-9-18-10-8-17/h1-4H,5-10H2,(H2,15,16,19)/p+1. The van der Waals surface area contributed by atoms with Gasteiger partial charge in [0.1, 0.15) is 18.9 Å². The van der Waals surface area contributed by atoms with Crippen molar-refractivity contribution in [1.82, 2.24) is 5.32 Å². The zero-order valence-electron chi connectivity index (χ0n) is 10.7. The lowest BCUT2D eigenvalue weighted by Crippen LogP contribution is -3.14. The van der Waals surface area contributed by atoms with E-state index in [2.05, 4.69) is 10.6 Å². The predicted octanol–water partition coefficient (Wildman–Crippen LogP) is 0.0272. The minimum atomic E-state index is -0.301. The summed E-state index contributed by atoms with van der Waals surface area (Å²) in [4.78, 5) is 1.51. The first kappa shape index (κ1) is 14.2. The molecule has 0 spiro atoms. The maximum Gasteiger partial charge on any atom is 0.171 e. The third-order valence-electron chi connectivity index (χ3n) is 3.09. The number of hydrogen-bond donors (Lipinski definition) is 3. The van der Waals surface area contributed by atoms with Crippen LogP contribution in [0.5, 0.6) is 0 Å². The van der Waals surface area contributed by atoms with E-state index in [-0.39, 0.29) is 5.82 Å². The smallest absolute Gasteiger partial charge is 0.171 e. The number of benzene rings is 1. The molecule has 0 bridgehead atoms. The summed E-state index contributed by atoms with van der Waals surface area (Å²) < 4.78 is 18.7. The van der Waals surface area contributed by atoms with Crippen molar-refractivity contribution in [2.45, 2.75) is 0 Å². The molecule has 0 unspecified atom stereocenters. The molecule has 1 heterocycles. The molecular weight excluding hydrogens is 265 g/mol. The average molecular weight is 284 g/mol. The fourth-order valence-electron chi connectivity index (χ4n) is 1.99. The van der Waals surface area contributed by atoms with Crippen LogP contribution in [0, 0.1) is 5.82 Å². The highest BCUT2D eigenvalue weighted by Gasteiger charge is 2.13. The zero-order valence-corrected chi connectivity index (χ0v) is 11.6. The number of quaternary nitrogens is 1. The highest BCUT2D eigenvalue weighted by Crippen LogP contribution is 2.11. The maximum absolute atomic E-state index is 13.4. The first-order chi connectivity index (χ1) is 9.25. The Kier molecular flexibility index (Phi) is 5.50. The van der Waals surface area contributed by atoms with E-state index in [1.165, 1.54) is 11.0 Å². The molecule has 0 amide bonds. The first-order valence-corrected chi connectivity index (χ1v) is 6.87. The van der Waals surface area contributed by atoms with Crippen molar-refractivity contribution < 1.29 is 14.0 Å². The van der Waals surface area contributed by atoms with E-state index in [0.29, 0.717) is 10.8 Å². The second kappa shape index (κ2) is 7.37. The molecule has 3 N–H and O–H groups in total. The van der Waals surface area contributed by atoms with E-state index >= 15 is 0 Å². The molecule has 0 atom stereocenters. The Morgan fingerprint density at radius 3 is 2.79 bits per heavy atom. The molecule has 2 rings (SSSR count). The maximum atomic E-state index is 13.4. The number of ether oxygens (including phenoxy) is 1. The van der Waals surface area contributed by atoms with Gasteiger partial charge in [0, 0.05) is 0 Å². The van der Waals surface area contributed by atoms with E-state index in [4.69, 9.17) is 17.0 Å². The first-order valence-electron chi connectivity index (χ1n) is 6.46. The number of morpholine rings is 1. The number of rotatable bonds is 4. The third kappa shape index (κ3) is 4.74. The molecule has 1 aliphatic rings. The Balaban J connectivity index is 1.68. The summed E-state index contributed by atoms with van der Waals surface area (Å²) in [5.74, 6) is -0.301. The molecule has 6 heteroatoms. The molecule has 1 aromatic rings. The van der Waals surface area contributed by atoms with Crippen LogP contribution >= 0.6 is 12.2 Å². The molecule has 4 nitrogen and oxygen atoms in total. The van der Waals surface area contributed by atoms with Gasteiger partial charge in [0.15, 0.2) is 5.11 Å². The van der Waals surface area contributed by atoms with Gasteiger partial charge in [0.25, 0.3) is 0 Å². The van der Waals surface area contributed by atoms with Gasteiger partial charge in [-0.15, -0.1) is 0 Å². The lowest BCUT2D eigenvalue weighted by Gasteiger charge is -2.24. The van der Waals surface area contributed by atoms with Gasteiger partial charge < -0.3 is 20.3 Å². The lowest BCUT2D eigenvalue weighted by molar-refractivity contribution is -0.906. The number of thiocarbonyl (C=S) groups is 1. The van der Waals surface area contributed by atoms with Crippen molar-refractivity contribution in [2.24, 2.45) is 0 Å². The Morgan fingerprint density at radius 1 is 1.32 bits per heavy atom. The number of halogens is 1. The van der Waals surface area contributed by atoms with E-state index in [0.717, 1.165) is 39.4 Å². The van der Waals surface area contributed by atoms with Crippen molar-refractivity contribution in [3.8, 4) is 0 Å². The number of anilines is 1. The van der Waals surface area contributed by atoms with Gasteiger partial charge in [-0.05, 0) is 24.4 Å². The Labute approximate surface area is 117 Å². The topological polar surface area (TPSA) is 37.7 Å². The summed E-state index contributed by atoms with van der Waals surface area (Å²) in [6.45, 7) is 5.49. The third-order valence-corrected chi connectivity index (χ3v) is 3.33. The fraction of sp³-hybridized carbons (Fsp3) is 0.462. The number of para-hydroxylation sites is 1. The second-order valence-corrected chi connectivity index (χ2v) is 4.88. The van der Waals surface area contributed by atoms with E-state index in [1.54, 1.807) is 18.2 Å². The summed E-state index contributed by atoms with van der Waals surface area (Å²) in [6, 6.07) is 6.49. The van der Waals surface area contributed by atoms with Crippen LogP contribution in [0.1, 0.15) is 0 Å². The Bertz CT molecular complexity index is 424. The average Bonchev–Trinajstić information content (AvgIpc) is 2.43. The number of nitrogens with one attached hydrogen (secondary N) is 3. The van der Waals surface area contributed by atoms with Crippen molar-refractivity contribution in [2.75, 3.05) is 44.7 Å². The summed E-state index contributed by atoms with van der Waals surface area (Å²) in [7, 11) is 0. The van der Waals surface area contributed by atoms with E-state index in [9.17, 15) is 4.39 Å². The molecule has 1 fully saturated rings. The quantitative estimate of drug-likeness (QED) is 0.682. The lowest BCUT2D eigenvalue weighted by atomic mass is 10.3. The van der Waals surface area contributed by atoms with Crippen LogP contribution in [0.25, 0.3) is 0 Å². The highest BCUT2D eigenvalue weighted by atomic mass is 32.1. The van der Waals surface area contributed by atoms with E-state index in [1.807, 2.05) is 0 Å². The zero-order chi connectivity index (χ0) is 13.5. The SMILES string of the molecule is Fc1ccccc1NC(=S)NCC[NH+]1CCOCC1. The molecule has 0 saturated carbocycles. The monoisotopic (exact) mass is 284 g/mol. The molecule has 1 aromatic carbocycles. The van der Waals surface area contributed by atoms with Crippen LogP contribution in [0.15, 0.2) is 24.3 Å². The predicted molar refractivity (Wildman–Crippen MR) is 77.0 cm³/mol. The molecule has 1 aliphatic heterocycles. The summed E-state index contributed by atoms with van der Waals surface area (Å²) in [5, 5.41) is 6.41. The van der Waals surface area contributed by atoms with Crippen LogP contribution in [0.3, 0.4) is 0 Å². The molecule has 1 saturated heterocycles. The molecule has 0 aromatic heterocycles. The van der Waals surface area contributed by atoms with Gasteiger partial charge in [-0.1, -0.05) is 12.1 Å². The minimum absolute atomic E-state index is 0.301. The molecule has 0 aliphatic carbocycles. The normalized spacial score (nSPS) is 16.1. The van der Waals surface area contributed by atoms with Crippen LogP contribution in [-0.2, 0) is 4.74 Å². The highest BCUT2D eigenvalue weighted by molar-refractivity contribution is 7.80. The van der Waals surface area contributed by atoms with Gasteiger partial charge in [-0.25, -0.2) is 4.39 Å². The van der Waals surface area contributed by atoms with Crippen LogP contribution < -0.4 is 15.5 Å². The number of hydrogen-bond acceptors (Lipinski definition) is 2. The van der Waals surface area contributed by atoms with Crippen molar-refractivity contribution in [3.05, 3.63) is 30.1 Å². The van der Waals surface area contributed by atoms with Gasteiger partial charge in [0.05, 0.1) is 32.0 Å². The van der Waals surface area contributed by atoms with Gasteiger partial charge in [-0.2, -0.15) is 0 Å².